The van der Waals surface area contributed by atoms with Crippen LogP contribution in [0, 0.1) is 0 Å². The molecule has 0 atom stereocenters. The first kappa shape index (κ1) is 14.8. The lowest BCUT2D eigenvalue weighted by Gasteiger charge is -2.21. The minimum Gasteiger partial charge on any atom is -0.348 e. The Hall–Kier alpha value is -1.28. The Morgan fingerprint density at radius 1 is 1.11 bits per heavy atom. The van der Waals surface area contributed by atoms with Gasteiger partial charge in [-0.1, -0.05) is 23.7 Å². The number of hydrogen-bond acceptors (Lipinski definition) is 1. The fraction of sp³-hybridized carbons (Fsp3) is 0.400. The number of nitrogens with one attached hydrogen (secondary N) is 1. The summed E-state index contributed by atoms with van der Waals surface area (Å²) in [6.07, 6.45) is 0. The molecule has 0 fully saturated rings. The summed E-state index contributed by atoms with van der Waals surface area (Å²) in [6, 6.07) is 7.50. The molecule has 0 heterocycles. The van der Waals surface area contributed by atoms with E-state index in [0.29, 0.717) is 5.02 Å². The van der Waals surface area contributed by atoms with Crippen LogP contribution in [0.15, 0.2) is 29.8 Å². The maximum atomic E-state index is 12.0. The van der Waals surface area contributed by atoms with Crippen molar-refractivity contribution < 1.29 is 4.79 Å². The zero-order valence-corrected chi connectivity index (χ0v) is 12.4. The number of halogens is 1. The van der Waals surface area contributed by atoms with Gasteiger partial charge in [0.15, 0.2) is 0 Å². The second-order valence-corrected chi connectivity index (χ2v) is 5.90. The minimum atomic E-state index is -0.224. The van der Waals surface area contributed by atoms with Gasteiger partial charge in [-0.05, 0) is 57.9 Å². The normalized spacial score (nSPS) is 13.0. The summed E-state index contributed by atoms with van der Waals surface area (Å²) in [5.41, 5.74) is 2.49. The summed E-state index contributed by atoms with van der Waals surface area (Å²) in [6.45, 7) is 9.69. The van der Waals surface area contributed by atoms with Crippen LogP contribution in [0.2, 0.25) is 5.02 Å². The molecule has 0 unspecified atom stereocenters. The van der Waals surface area contributed by atoms with Crippen molar-refractivity contribution in [1.29, 1.82) is 0 Å². The second kappa shape index (κ2) is 5.57. The second-order valence-electron chi connectivity index (χ2n) is 5.46. The van der Waals surface area contributed by atoms with E-state index >= 15 is 0 Å². The van der Waals surface area contributed by atoms with Gasteiger partial charge in [0, 0.05) is 16.1 Å². The number of allylic oxidation sites excluding steroid dienone is 1. The van der Waals surface area contributed by atoms with Crippen LogP contribution in [-0.2, 0) is 4.79 Å². The van der Waals surface area contributed by atoms with Crippen molar-refractivity contribution in [3.63, 3.8) is 0 Å². The molecule has 1 aromatic carbocycles. The Balaban J connectivity index is 2.98. The summed E-state index contributed by atoms with van der Waals surface area (Å²) >= 11 is 5.85. The first-order chi connectivity index (χ1) is 8.20. The highest BCUT2D eigenvalue weighted by Crippen LogP contribution is 2.20. The molecule has 0 saturated carbocycles. The van der Waals surface area contributed by atoms with Gasteiger partial charge < -0.3 is 5.32 Å². The van der Waals surface area contributed by atoms with Crippen LogP contribution in [0.1, 0.15) is 40.2 Å². The molecule has 0 saturated heterocycles. The van der Waals surface area contributed by atoms with Gasteiger partial charge in [0.05, 0.1) is 0 Å². The topological polar surface area (TPSA) is 29.1 Å². The van der Waals surface area contributed by atoms with Gasteiger partial charge in [0.1, 0.15) is 0 Å². The fourth-order valence-corrected chi connectivity index (χ4v) is 1.65. The van der Waals surface area contributed by atoms with E-state index in [1.807, 2.05) is 58.9 Å². The Labute approximate surface area is 114 Å². The van der Waals surface area contributed by atoms with Crippen LogP contribution < -0.4 is 5.32 Å². The predicted octanol–water partition coefficient (Wildman–Crippen LogP) is 4.05. The van der Waals surface area contributed by atoms with Gasteiger partial charge >= 0.3 is 0 Å². The lowest BCUT2D eigenvalue weighted by Crippen LogP contribution is -2.41. The Morgan fingerprint density at radius 3 is 2.06 bits per heavy atom. The molecule has 2 nitrogen and oxygen atoms in total. The van der Waals surface area contributed by atoms with E-state index in [2.05, 4.69) is 5.32 Å². The SMILES string of the molecule is C/C(C(=O)NC(C)(C)C)=C(\C)c1ccc(Cl)cc1. The van der Waals surface area contributed by atoms with Crippen molar-refractivity contribution in [2.75, 3.05) is 0 Å². The molecule has 0 aliphatic carbocycles. The molecule has 3 heteroatoms. The van der Waals surface area contributed by atoms with Crippen LogP contribution in [-0.4, -0.2) is 11.4 Å². The maximum Gasteiger partial charge on any atom is 0.247 e. The average molecular weight is 266 g/mol. The molecule has 0 aliphatic rings. The molecule has 1 rings (SSSR count). The number of benzene rings is 1. The van der Waals surface area contributed by atoms with E-state index in [9.17, 15) is 4.79 Å². The van der Waals surface area contributed by atoms with Gasteiger partial charge in [-0.25, -0.2) is 0 Å². The Morgan fingerprint density at radius 2 is 1.61 bits per heavy atom. The van der Waals surface area contributed by atoms with Crippen molar-refractivity contribution in [1.82, 2.24) is 5.32 Å². The van der Waals surface area contributed by atoms with E-state index in [-0.39, 0.29) is 11.4 Å². The predicted molar refractivity (Wildman–Crippen MR) is 77.6 cm³/mol. The molecule has 18 heavy (non-hydrogen) atoms. The van der Waals surface area contributed by atoms with Crippen LogP contribution in [0.5, 0.6) is 0 Å². The summed E-state index contributed by atoms with van der Waals surface area (Å²) < 4.78 is 0. The standard InChI is InChI=1S/C15H20ClNO/c1-10(12-6-8-13(16)9-7-12)11(2)14(18)17-15(3,4)5/h6-9H,1-5H3,(H,17,18)/b11-10-. The summed E-state index contributed by atoms with van der Waals surface area (Å²) in [7, 11) is 0. The van der Waals surface area contributed by atoms with Gasteiger partial charge in [-0.15, -0.1) is 0 Å². The van der Waals surface area contributed by atoms with Crippen LogP contribution >= 0.6 is 11.6 Å². The molecule has 98 valence electrons. The van der Waals surface area contributed by atoms with Crippen molar-refractivity contribution in [3.8, 4) is 0 Å². The molecular formula is C15H20ClNO. The van der Waals surface area contributed by atoms with Crippen molar-refractivity contribution >= 4 is 23.1 Å². The van der Waals surface area contributed by atoms with E-state index in [4.69, 9.17) is 11.6 Å². The summed E-state index contributed by atoms with van der Waals surface area (Å²) in [4.78, 5) is 12.0. The van der Waals surface area contributed by atoms with Crippen molar-refractivity contribution in [3.05, 3.63) is 40.4 Å². The summed E-state index contributed by atoms with van der Waals surface area (Å²) in [5.74, 6) is -0.0325. The third-order valence-electron chi connectivity index (χ3n) is 2.67. The van der Waals surface area contributed by atoms with Gasteiger partial charge in [0.2, 0.25) is 5.91 Å². The smallest absolute Gasteiger partial charge is 0.247 e. The molecule has 1 amide bonds. The van der Waals surface area contributed by atoms with E-state index in [1.165, 1.54) is 0 Å². The minimum absolute atomic E-state index is 0.0325. The lowest BCUT2D eigenvalue weighted by atomic mass is 10.0. The number of carbonyl (C=O) groups excluding carboxylic acids is 1. The van der Waals surface area contributed by atoms with E-state index in [1.54, 1.807) is 0 Å². The zero-order valence-electron chi connectivity index (χ0n) is 11.6. The number of rotatable bonds is 2. The first-order valence-electron chi connectivity index (χ1n) is 5.96. The highest BCUT2D eigenvalue weighted by molar-refractivity contribution is 6.30. The quantitative estimate of drug-likeness (QED) is 0.803. The number of carbonyl (C=O) groups is 1. The van der Waals surface area contributed by atoms with Gasteiger partial charge in [0.25, 0.3) is 0 Å². The monoisotopic (exact) mass is 265 g/mol. The lowest BCUT2D eigenvalue weighted by molar-refractivity contribution is -0.118. The van der Waals surface area contributed by atoms with E-state index < -0.39 is 0 Å². The molecule has 1 aromatic rings. The largest absolute Gasteiger partial charge is 0.348 e. The van der Waals surface area contributed by atoms with Crippen LogP contribution in [0.4, 0.5) is 0 Å². The van der Waals surface area contributed by atoms with Crippen LogP contribution in [0.25, 0.3) is 5.57 Å². The number of amides is 1. The molecule has 0 aliphatic heterocycles. The molecule has 0 radical (unpaired) electrons. The maximum absolute atomic E-state index is 12.0. The fourth-order valence-electron chi connectivity index (χ4n) is 1.52. The molecule has 0 aromatic heterocycles. The number of hydrogen-bond donors (Lipinski definition) is 1. The van der Waals surface area contributed by atoms with Gasteiger partial charge in [-0.3, -0.25) is 4.79 Å². The molecular weight excluding hydrogens is 246 g/mol. The first-order valence-corrected chi connectivity index (χ1v) is 6.34. The Bertz CT molecular complexity index is 466. The highest BCUT2D eigenvalue weighted by Gasteiger charge is 2.16. The third-order valence-corrected chi connectivity index (χ3v) is 2.92. The third kappa shape index (κ3) is 4.19. The molecule has 0 bridgehead atoms. The van der Waals surface area contributed by atoms with Crippen LogP contribution in [0.3, 0.4) is 0 Å². The van der Waals surface area contributed by atoms with Gasteiger partial charge in [-0.2, -0.15) is 0 Å². The average Bonchev–Trinajstić information content (AvgIpc) is 2.26. The Kier molecular flexibility index (Phi) is 4.58. The zero-order chi connectivity index (χ0) is 13.9. The summed E-state index contributed by atoms with van der Waals surface area (Å²) in [5, 5.41) is 3.66. The highest BCUT2D eigenvalue weighted by atomic mass is 35.5. The van der Waals surface area contributed by atoms with Crippen molar-refractivity contribution in [2.45, 2.75) is 40.2 Å². The van der Waals surface area contributed by atoms with Crippen molar-refractivity contribution in [2.24, 2.45) is 0 Å². The molecule has 1 N–H and O–H groups in total. The van der Waals surface area contributed by atoms with E-state index in [0.717, 1.165) is 16.7 Å². The molecule has 0 spiro atoms.